The number of nitrogens with one attached hydrogen (secondary N) is 2. The van der Waals surface area contributed by atoms with Gasteiger partial charge in [0.25, 0.3) is 0 Å². The van der Waals surface area contributed by atoms with Gasteiger partial charge < -0.3 is 25.4 Å². The number of hydrogen-bond donors (Lipinski definition) is 3. The first-order chi connectivity index (χ1) is 16.4. The number of benzene rings is 1. The van der Waals surface area contributed by atoms with Crippen molar-refractivity contribution in [3.8, 4) is 11.1 Å². The molecule has 1 aromatic heterocycles. The summed E-state index contributed by atoms with van der Waals surface area (Å²) in [6, 6.07) is 10.1. The molecule has 2 amide bonds. The van der Waals surface area contributed by atoms with Gasteiger partial charge in [-0.15, -0.1) is 0 Å². The largest absolute Gasteiger partial charge is 0.392 e. The fraction of sp³-hybridized carbons (Fsp3) is 0.481. The Morgan fingerprint density at radius 3 is 2.88 bits per heavy atom. The van der Waals surface area contributed by atoms with Gasteiger partial charge >= 0.3 is 6.03 Å². The zero-order chi connectivity index (χ0) is 24.1. The summed E-state index contributed by atoms with van der Waals surface area (Å²) in [4.78, 5) is 19.5. The second-order valence-corrected chi connectivity index (χ2v) is 9.38. The molecule has 182 valence electrons. The van der Waals surface area contributed by atoms with Crippen LogP contribution in [0.4, 0.5) is 16.3 Å². The van der Waals surface area contributed by atoms with Gasteiger partial charge in [0.15, 0.2) is 0 Å². The molecule has 3 heterocycles. The van der Waals surface area contributed by atoms with Gasteiger partial charge in [-0.3, -0.25) is 0 Å². The van der Waals surface area contributed by atoms with Crippen LogP contribution >= 0.6 is 0 Å². The highest BCUT2D eigenvalue weighted by atomic mass is 16.5. The van der Waals surface area contributed by atoms with Crippen LogP contribution in [0.15, 0.2) is 36.4 Å². The van der Waals surface area contributed by atoms with Crippen LogP contribution in [0, 0.1) is 12.8 Å². The van der Waals surface area contributed by atoms with Crippen LogP contribution in [-0.2, 0) is 4.74 Å². The standard InChI is InChI=1S/C27H36N4O3/c1-4-20-7-10-31(17-20)27(33)29-23-6-5-18(2)24(15-23)22-13-25(21-8-11-34-12-9-21)30-26(14-22)28-16-19(3)32/h5-6,8,13-15,19-20,32H,4,7,9-12,16-17H2,1-3H3,(H,28,30)(H,29,33)/t19-,20-/m1/s1. The Kier molecular flexibility index (Phi) is 7.85. The second kappa shape index (κ2) is 11.0. The highest BCUT2D eigenvalue weighted by Gasteiger charge is 2.25. The summed E-state index contributed by atoms with van der Waals surface area (Å²) in [7, 11) is 0. The molecular weight excluding hydrogens is 428 g/mol. The average molecular weight is 465 g/mol. The minimum Gasteiger partial charge on any atom is -0.392 e. The molecule has 4 rings (SSSR count). The van der Waals surface area contributed by atoms with Crippen molar-refractivity contribution in [2.45, 2.75) is 46.1 Å². The maximum atomic E-state index is 12.8. The van der Waals surface area contributed by atoms with Crippen molar-refractivity contribution < 1.29 is 14.6 Å². The van der Waals surface area contributed by atoms with Crippen molar-refractivity contribution in [3.05, 3.63) is 47.7 Å². The van der Waals surface area contributed by atoms with Crippen LogP contribution < -0.4 is 10.6 Å². The molecule has 7 nitrogen and oxygen atoms in total. The lowest BCUT2D eigenvalue weighted by molar-refractivity contribution is 0.161. The highest BCUT2D eigenvalue weighted by Crippen LogP contribution is 2.32. The lowest BCUT2D eigenvalue weighted by atomic mass is 9.97. The van der Waals surface area contributed by atoms with Gasteiger partial charge in [-0.05, 0) is 79.1 Å². The third kappa shape index (κ3) is 5.96. The number of carbonyl (C=O) groups excluding carboxylic acids is 1. The summed E-state index contributed by atoms with van der Waals surface area (Å²) in [5.41, 5.74) is 6.03. The monoisotopic (exact) mass is 464 g/mol. The SMILES string of the molecule is CC[C@@H]1CCN(C(=O)Nc2ccc(C)c(-c3cc(NC[C@@H](C)O)nc(C4=CCOCC4)c3)c2)C1. The third-order valence-corrected chi connectivity index (χ3v) is 6.65. The number of aliphatic hydroxyl groups excluding tert-OH is 1. The Bertz CT molecular complexity index is 1050. The van der Waals surface area contributed by atoms with Crippen molar-refractivity contribution in [1.82, 2.24) is 9.88 Å². The third-order valence-electron chi connectivity index (χ3n) is 6.65. The van der Waals surface area contributed by atoms with Crippen LogP contribution in [0.2, 0.25) is 0 Å². The molecule has 0 aliphatic carbocycles. The lowest BCUT2D eigenvalue weighted by Gasteiger charge is -2.19. The number of rotatable bonds is 7. The zero-order valence-corrected chi connectivity index (χ0v) is 20.4. The number of likely N-dealkylation sites (tertiary alicyclic amines) is 1. The van der Waals surface area contributed by atoms with Crippen molar-refractivity contribution in [2.75, 3.05) is 43.5 Å². The molecule has 0 saturated carbocycles. The van der Waals surface area contributed by atoms with E-state index >= 15 is 0 Å². The number of hydrogen-bond acceptors (Lipinski definition) is 5. The molecule has 34 heavy (non-hydrogen) atoms. The number of ether oxygens (including phenoxy) is 1. The van der Waals surface area contributed by atoms with E-state index in [-0.39, 0.29) is 6.03 Å². The molecule has 0 unspecified atom stereocenters. The van der Waals surface area contributed by atoms with Crippen LogP contribution in [0.5, 0.6) is 0 Å². The zero-order valence-electron chi connectivity index (χ0n) is 20.4. The molecule has 2 aliphatic heterocycles. The molecule has 2 aromatic rings. The average Bonchev–Trinajstić information content (AvgIpc) is 3.34. The Morgan fingerprint density at radius 2 is 2.18 bits per heavy atom. The number of carbonyl (C=O) groups is 1. The summed E-state index contributed by atoms with van der Waals surface area (Å²) in [6.45, 7) is 9.34. The van der Waals surface area contributed by atoms with E-state index in [1.807, 2.05) is 29.2 Å². The van der Waals surface area contributed by atoms with Crippen LogP contribution in [0.3, 0.4) is 0 Å². The first-order valence-corrected chi connectivity index (χ1v) is 12.3. The van der Waals surface area contributed by atoms with Gasteiger partial charge in [0, 0.05) is 25.3 Å². The van der Waals surface area contributed by atoms with Gasteiger partial charge in [0.2, 0.25) is 0 Å². The van der Waals surface area contributed by atoms with Gasteiger partial charge in [-0.1, -0.05) is 25.5 Å². The number of pyridine rings is 1. The fourth-order valence-electron chi connectivity index (χ4n) is 4.52. The quantitative estimate of drug-likeness (QED) is 0.542. The smallest absolute Gasteiger partial charge is 0.321 e. The van der Waals surface area contributed by atoms with E-state index in [0.717, 1.165) is 71.8 Å². The Hall–Kier alpha value is -2.90. The van der Waals surface area contributed by atoms with E-state index in [2.05, 4.69) is 36.6 Å². The van der Waals surface area contributed by atoms with Gasteiger partial charge in [0.05, 0.1) is 25.0 Å². The van der Waals surface area contributed by atoms with Gasteiger partial charge in [-0.25, -0.2) is 9.78 Å². The molecule has 2 atom stereocenters. The van der Waals surface area contributed by atoms with E-state index < -0.39 is 6.10 Å². The molecule has 0 bridgehead atoms. The van der Waals surface area contributed by atoms with Crippen LogP contribution in [0.1, 0.15) is 44.4 Å². The topological polar surface area (TPSA) is 86.7 Å². The minimum atomic E-state index is -0.477. The van der Waals surface area contributed by atoms with E-state index in [0.29, 0.717) is 25.7 Å². The number of aliphatic hydroxyl groups is 1. The number of nitrogens with zero attached hydrogens (tertiary/aromatic N) is 2. The molecule has 1 aromatic carbocycles. The molecule has 7 heteroatoms. The summed E-state index contributed by atoms with van der Waals surface area (Å²) in [6.07, 6.45) is 4.60. The van der Waals surface area contributed by atoms with Crippen molar-refractivity contribution >= 4 is 23.1 Å². The lowest BCUT2D eigenvalue weighted by Crippen LogP contribution is -2.32. The fourth-order valence-corrected chi connectivity index (χ4v) is 4.52. The number of anilines is 2. The molecule has 1 fully saturated rings. The molecule has 1 saturated heterocycles. The van der Waals surface area contributed by atoms with E-state index in [9.17, 15) is 9.90 Å². The predicted molar refractivity (Wildman–Crippen MR) is 137 cm³/mol. The van der Waals surface area contributed by atoms with E-state index in [1.54, 1.807) is 6.92 Å². The van der Waals surface area contributed by atoms with Gasteiger partial charge in [-0.2, -0.15) is 0 Å². The molecule has 0 radical (unpaired) electrons. The van der Waals surface area contributed by atoms with E-state index in [4.69, 9.17) is 9.72 Å². The molecular formula is C27H36N4O3. The van der Waals surface area contributed by atoms with Crippen LogP contribution in [-0.4, -0.2) is 60.0 Å². The number of amides is 2. The van der Waals surface area contributed by atoms with E-state index in [1.165, 1.54) is 0 Å². The van der Waals surface area contributed by atoms with Crippen molar-refractivity contribution in [3.63, 3.8) is 0 Å². The summed E-state index contributed by atoms with van der Waals surface area (Å²) < 4.78 is 5.48. The Labute approximate surface area is 202 Å². The van der Waals surface area contributed by atoms with Gasteiger partial charge in [0.1, 0.15) is 5.82 Å². The number of urea groups is 1. The summed E-state index contributed by atoms with van der Waals surface area (Å²) in [5.74, 6) is 1.32. The number of aromatic nitrogens is 1. The maximum Gasteiger partial charge on any atom is 0.321 e. The Balaban J connectivity index is 1.62. The molecule has 2 aliphatic rings. The predicted octanol–water partition coefficient (Wildman–Crippen LogP) is 4.92. The first kappa shape index (κ1) is 24.2. The summed E-state index contributed by atoms with van der Waals surface area (Å²) >= 11 is 0. The minimum absolute atomic E-state index is 0.0344. The normalized spacial score (nSPS) is 19.0. The second-order valence-electron chi connectivity index (χ2n) is 9.38. The highest BCUT2D eigenvalue weighted by molar-refractivity contribution is 5.91. The molecule has 3 N–H and O–H groups in total. The number of aryl methyl sites for hydroxylation is 1. The Morgan fingerprint density at radius 1 is 1.32 bits per heavy atom. The van der Waals surface area contributed by atoms with Crippen LogP contribution in [0.25, 0.3) is 16.7 Å². The first-order valence-electron chi connectivity index (χ1n) is 12.3. The maximum absolute atomic E-state index is 12.8. The van der Waals surface area contributed by atoms with Crippen molar-refractivity contribution in [2.24, 2.45) is 5.92 Å². The molecule has 0 spiro atoms. The van der Waals surface area contributed by atoms with Crippen molar-refractivity contribution in [1.29, 1.82) is 0 Å². The summed E-state index contributed by atoms with van der Waals surface area (Å²) in [5, 5.41) is 16.1.